The van der Waals surface area contributed by atoms with Gasteiger partial charge in [0.1, 0.15) is 11.6 Å². The molecule has 2 heterocycles. The van der Waals surface area contributed by atoms with E-state index in [9.17, 15) is 18.0 Å². The number of amides is 1. The number of rotatable bonds is 8. The second-order valence-corrected chi connectivity index (χ2v) is 8.02. The maximum absolute atomic E-state index is 12.6. The van der Waals surface area contributed by atoms with E-state index in [2.05, 4.69) is 14.7 Å². The molecule has 6 nitrogen and oxygen atoms in total. The van der Waals surface area contributed by atoms with Crippen molar-refractivity contribution in [3.05, 3.63) is 53.1 Å². The second kappa shape index (κ2) is 8.82. The fraction of sp³-hybridized carbons (Fsp3) is 0.500. The Morgan fingerprint density at radius 2 is 1.87 bits per heavy atom. The van der Waals surface area contributed by atoms with E-state index in [1.807, 2.05) is 6.07 Å². The molecule has 9 heteroatoms. The Morgan fingerprint density at radius 1 is 1.13 bits per heavy atom. The lowest BCUT2D eigenvalue weighted by molar-refractivity contribution is -0.274. The van der Waals surface area contributed by atoms with Gasteiger partial charge < -0.3 is 14.4 Å². The van der Waals surface area contributed by atoms with Crippen molar-refractivity contribution in [1.82, 2.24) is 14.9 Å². The summed E-state index contributed by atoms with van der Waals surface area (Å²) >= 11 is 0. The minimum Gasteiger partial charge on any atom is -0.406 e. The van der Waals surface area contributed by atoms with Crippen LogP contribution in [0.1, 0.15) is 52.5 Å². The summed E-state index contributed by atoms with van der Waals surface area (Å²) < 4.78 is 47.2. The number of carbonyl (C=O) groups excluding carboxylic acids is 1. The molecule has 1 amide bonds. The van der Waals surface area contributed by atoms with E-state index in [-0.39, 0.29) is 17.7 Å². The van der Waals surface area contributed by atoms with E-state index in [0.29, 0.717) is 43.3 Å². The highest BCUT2D eigenvalue weighted by Crippen LogP contribution is 2.42. The van der Waals surface area contributed by atoms with Gasteiger partial charge in [0.15, 0.2) is 0 Å². The number of carbonyl (C=O) groups is 1. The summed E-state index contributed by atoms with van der Waals surface area (Å²) in [7, 11) is 1.61. The highest BCUT2D eigenvalue weighted by molar-refractivity contribution is 5.94. The number of hydrogen-bond acceptors (Lipinski definition) is 5. The highest BCUT2D eigenvalue weighted by Gasteiger charge is 2.33. The number of aryl methyl sites for hydroxylation is 2. The monoisotopic (exact) mass is 435 g/mol. The van der Waals surface area contributed by atoms with Gasteiger partial charge in [0.05, 0.1) is 18.2 Å². The molecule has 4 rings (SSSR count). The number of halogens is 3. The van der Waals surface area contributed by atoms with Crippen LogP contribution in [0, 0.1) is 0 Å². The van der Waals surface area contributed by atoms with Crippen molar-refractivity contribution in [2.24, 2.45) is 0 Å². The summed E-state index contributed by atoms with van der Waals surface area (Å²) in [6.07, 6.45) is 2.10. The van der Waals surface area contributed by atoms with E-state index < -0.39 is 6.36 Å². The lowest BCUT2D eigenvalue weighted by Crippen LogP contribution is -2.53. The van der Waals surface area contributed by atoms with Crippen LogP contribution in [0.4, 0.5) is 13.2 Å². The number of likely N-dealkylation sites (tertiary alicyclic amines) is 1. The molecule has 0 unspecified atom stereocenters. The number of alkyl halides is 3. The molecule has 2 fully saturated rings. The zero-order valence-electron chi connectivity index (χ0n) is 17.2. The molecule has 1 saturated heterocycles. The Bertz CT molecular complexity index is 930. The Hall–Kier alpha value is -2.68. The van der Waals surface area contributed by atoms with Crippen molar-refractivity contribution in [2.75, 3.05) is 20.3 Å². The van der Waals surface area contributed by atoms with Crippen LogP contribution in [-0.4, -0.2) is 53.4 Å². The first-order valence-electron chi connectivity index (χ1n) is 10.3. The summed E-state index contributed by atoms with van der Waals surface area (Å²) in [5.41, 5.74) is 2.04. The normalized spacial score (nSPS) is 18.6. The number of benzene rings is 1. The second-order valence-electron chi connectivity index (χ2n) is 8.02. The van der Waals surface area contributed by atoms with Gasteiger partial charge in [-0.05, 0) is 54.9 Å². The van der Waals surface area contributed by atoms with Gasteiger partial charge in [-0.3, -0.25) is 4.79 Å². The van der Waals surface area contributed by atoms with Crippen molar-refractivity contribution < 1.29 is 27.4 Å². The van der Waals surface area contributed by atoms with Crippen molar-refractivity contribution >= 4 is 5.91 Å². The van der Waals surface area contributed by atoms with E-state index in [0.717, 1.165) is 30.4 Å². The number of ether oxygens (including phenoxy) is 2. The largest absolute Gasteiger partial charge is 0.573 e. The van der Waals surface area contributed by atoms with Crippen LogP contribution < -0.4 is 4.74 Å². The number of methoxy groups -OCH3 is 1. The molecule has 2 aromatic rings. The van der Waals surface area contributed by atoms with Gasteiger partial charge in [-0.1, -0.05) is 6.07 Å². The quantitative estimate of drug-likeness (QED) is 0.629. The minimum atomic E-state index is -4.72. The molecule has 0 radical (unpaired) electrons. The van der Waals surface area contributed by atoms with Gasteiger partial charge >= 0.3 is 6.36 Å². The van der Waals surface area contributed by atoms with Crippen molar-refractivity contribution in [3.8, 4) is 5.75 Å². The van der Waals surface area contributed by atoms with Crippen LogP contribution in [0.5, 0.6) is 5.75 Å². The van der Waals surface area contributed by atoms with Gasteiger partial charge in [-0.2, -0.15) is 0 Å². The molecule has 1 saturated carbocycles. The number of aromatic nitrogens is 2. The van der Waals surface area contributed by atoms with Crippen molar-refractivity contribution in [3.63, 3.8) is 0 Å². The fourth-order valence-corrected chi connectivity index (χ4v) is 3.77. The fourth-order valence-electron chi connectivity index (χ4n) is 3.77. The Balaban J connectivity index is 1.39. The maximum Gasteiger partial charge on any atom is 0.573 e. The first-order chi connectivity index (χ1) is 14.8. The third kappa shape index (κ3) is 5.52. The Morgan fingerprint density at radius 3 is 2.45 bits per heavy atom. The van der Waals surface area contributed by atoms with E-state index in [1.165, 1.54) is 24.5 Å². The first-order valence-corrected chi connectivity index (χ1v) is 10.3. The molecule has 0 spiro atoms. The molecule has 1 aliphatic heterocycles. The Kier molecular flexibility index (Phi) is 6.13. The van der Waals surface area contributed by atoms with Gasteiger partial charge in [-0.15, -0.1) is 13.2 Å². The van der Waals surface area contributed by atoms with Crippen LogP contribution in [0.2, 0.25) is 0 Å². The molecule has 31 heavy (non-hydrogen) atoms. The third-order valence-corrected chi connectivity index (χ3v) is 5.62. The summed E-state index contributed by atoms with van der Waals surface area (Å²) in [6.45, 7) is 1.19. The van der Waals surface area contributed by atoms with E-state index >= 15 is 0 Å². The van der Waals surface area contributed by atoms with E-state index in [1.54, 1.807) is 12.0 Å². The first kappa shape index (κ1) is 21.5. The van der Waals surface area contributed by atoms with Crippen molar-refractivity contribution in [1.29, 1.82) is 0 Å². The number of nitrogens with zero attached hydrogens (tertiary/aromatic N) is 3. The highest BCUT2D eigenvalue weighted by atomic mass is 19.4. The lowest BCUT2D eigenvalue weighted by Gasteiger charge is -2.40. The molecule has 2 aliphatic rings. The third-order valence-electron chi connectivity index (χ3n) is 5.62. The molecular formula is C22H24F3N3O3. The van der Waals surface area contributed by atoms with Gasteiger partial charge in [0.2, 0.25) is 0 Å². The average Bonchev–Trinajstić information content (AvgIpc) is 3.54. The smallest absolute Gasteiger partial charge is 0.406 e. The maximum atomic E-state index is 12.6. The molecule has 1 atom stereocenters. The Labute approximate surface area is 178 Å². The summed E-state index contributed by atoms with van der Waals surface area (Å²) in [6, 6.07) is 4.90. The molecule has 1 aromatic heterocycles. The predicted octanol–water partition coefficient (Wildman–Crippen LogP) is 3.90. The summed E-state index contributed by atoms with van der Waals surface area (Å²) in [4.78, 5) is 22.8. The minimum absolute atomic E-state index is 0.0871. The molecule has 0 N–H and O–H groups in total. The molecule has 0 bridgehead atoms. The van der Waals surface area contributed by atoms with Crippen LogP contribution in [0.25, 0.3) is 0 Å². The molecule has 1 aromatic carbocycles. The SMILES string of the molecule is COC[C@H]1CCN1C(=O)c1cnc(CCc2cc(OC(F)(F)F)cc(C3CC3)c2)nc1. The van der Waals surface area contributed by atoms with Crippen LogP contribution in [0.3, 0.4) is 0 Å². The van der Waals surface area contributed by atoms with Crippen molar-refractivity contribution in [2.45, 2.75) is 50.4 Å². The summed E-state index contributed by atoms with van der Waals surface area (Å²) in [5.74, 6) is 0.532. The van der Waals surface area contributed by atoms with Gasteiger partial charge in [0, 0.05) is 32.5 Å². The summed E-state index contributed by atoms with van der Waals surface area (Å²) in [5, 5.41) is 0. The van der Waals surface area contributed by atoms with Crippen LogP contribution >= 0.6 is 0 Å². The zero-order chi connectivity index (χ0) is 22.0. The molecular weight excluding hydrogens is 411 g/mol. The standard InChI is InChI=1S/C22H24F3N3O3/c1-30-13-18-6-7-28(18)21(29)17-11-26-20(27-12-17)5-2-14-8-16(15-3-4-15)10-19(9-14)31-22(23,24)25/h8-12,15,18H,2-7,13H2,1H3/t18-/m1/s1. The predicted molar refractivity (Wildman–Crippen MR) is 106 cm³/mol. The van der Waals surface area contributed by atoms with Crippen LogP contribution in [-0.2, 0) is 17.6 Å². The van der Waals surface area contributed by atoms with Gasteiger partial charge in [-0.25, -0.2) is 9.97 Å². The van der Waals surface area contributed by atoms with Crippen LogP contribution in [0.15, 0.2) is 30.6 Å². The number of hydrogen-bond donors (Lipinski definition) is 0. The van der Waals surface area contributed by atoms with Gasteiger partial charge in [0.25, 0.3) is 5.91 Å². The zero-order valence-corrected chi connectivity index (χ0v) is 17.2. The topological polar surface area (TPSA) is 64.5 Å². The molecule has 1 aliphatic carbocycles. The molecule has 166 valence electrons. The average molecular weight is 435 g/mol. The van der Waals surface area contributed by atoms with E-state index in [4.69, 9.17) is 4.74 Å². The lowest BCUT2D eigenvalue weighted by atomic mass is 10.0.